The lowest BCUT2D eigenvalue weighted by molar-refractivity contribution is -0.181. The lowest BCUT2D eigenvalue weighted by Gasteiger charge is -2.45. The Kier molecular flexibility index (Phi) is 7.36. The number of phenolic OH excluding ortho intramolecular Hbond substituents is 1. The van der Waals surface area contributed by atoms with E-state index in [-0.39, 0.29) is 23.9 Å². The number of Topliss-reactive ketones (excluding diaryl/α,β-unsaturated/α-hetero) is 1. The molecule has 0 bridgehead atoms. The number of unbranched alkanes of at least 4 members (excludes halogenated alkanes) is 1. The van der Waals surface area contributed by atoms with Crippen LogP contribution >= 0.6 is 0 Å². The lowest BCUT2D eigenvalue weighted by Crippen LogP contribution is -2.59. The molecule has 1 saturated carbocycles. The molecule has 0 radical (unpaired) electrons. The molecule has 5 nitrogen and oxygen atoms in total. The number of benzene rings is 2. The fourth-order valence-corrected chi connectivity index (χ4v) is 5.56. The highest BCUT2D eigenvalue weighted by Gasteiger charge is 2.52. The molecule has 0 aromatic heterocycles. The maximum atomic E-state index is 13.6. The summed E-state index contributed by atoms with van der Waals surface area (Å²) in [5, 5.41) is 9.84. The van der Waals surface area contributed by atoms with Crippen LogP contribution in [0.1, 0.15) is 63.9 Å². The van der Waals surface area contributed by atoms with Crippen LogP contribution in [0.3, 0.4) is 0 Å². The molecule has 2 aliphatic rings. The first-order chi connectivity index (χ1) is 16.0. The van der Waals surface area contributed by atoms with Crippen molar-refractivity contribution in [2.45, 2.75) is 76.4 Å². The molecule has 2 atom stereocenters. The second-order valence-electron chi connectivity index (χ2n) is 9.57. The van der Waals surface area contributed by atoms with Crippen molar-refractivity contribution in [1.29, 1.82) is 0 Å². The summed E-state index contributed by atoms with van der Waals surface area (Å²) in [6, 6.07) is 16.0. The van der Waals surface area contributed by atoms with Crippen LogP contribution in [0.5, 0.6) is 5.75 Å². The summed E-state index contributed by atoms with van der Waals surface area (Å²) in [5.74, 6) is 0.00105. The molecule has 0 amide bonds. The first kappa shape index (κ1) is 23.3. The molecule has 2 aromatic rings. The van der Waals surface area contributed by atoms with Gasteiger partial charge in [0.1, 0.15) is 11.4 Å². The van der Waals surface area contributed by atoms with E-state index in [1.54, 1.807) is 12.1 Å². The number of aromatic hydroxyl groups is 1. The van der Waals surface area contributed by atoms with E-state index in [1.807, 2.05) is 47.4 Å². The number of hydrogen-bond donors (Lipinski definition) is 1. The van der Waals surface area contributed by atoms with Crippen molar-refractivity contribution in [1.82, 2.24) is 0 Å². The van der Waals surface area contributed by atoms with Crippen LogP contribution in [-0.2, 0) is 20.7 Å². The van der Waals surface area contributed by atoms with Gasteiger partial charge in [0, 0.05) is 18.7 Å². The first-order valence-electron chi connectivity index (χ1n) is 12.4. The number of anilines is 1. The largest absolute Gasteiger partial charge is 0.508 e. The van der Waals surface area contributed by atoms with Gasteiger partial charge in [0.25, 0.3) is 0 Å². The Bertz CT molecular complexity index is 933. The third-order valence-corrected chi connectivity index (χ3v) is 7.30. The van der Waals surface area contributed by atoms with Crippen molar-refractivity contribution in [3.05, 3.63) is 60.2 Å². The van der Waals surface area contributed by atoms with E-state index < -0.39 is 17.6 Å². The molecule has 2 fully saturated rings. The minimum Gasteiger partial charge on any atom is -0.508 e. The number of carbonyl (C=O) groups excluding carboxylic acids is 2. The summed E-state index contributed by atoms with van der Waals surface area (Å²) in [4.78, 5) is 29.1. The van der Waals surface area contributed by atoms with E-state index in [2.05, 4.69) is 6.92 Å². The van der Waals surface area contributed by atoms with E-state index in [4.69, 9.17) is 4.74 Å². The van der Waals surface area contributed by atoms with Gasteiger partial charge in [0.2, 0.25) is 0 Å². The van der Waals surface area contributed by atoms with Gasteiger partial charge in [-0.2, -0.15) is 0 Å². The highest BCUT2D eigenvalue weighted by Crippen LogP contribution is 2.44. The number of cyclic esters (lactones) is 1. The second-order valence-corrected chi connectivity index (χ2v) is 9.57. The Morgan fingerprint density at radius 2 is 1.82 bits per heavy atom. The molecule has 1 N–H and O–H groups in total. The van der Waals surface area contributed by atoms with Gasteiger partial charge in [-0.25, -0.2) is 4.79 Å². The Hall–Kier alpha value is -2.82. The van der Waals surface area contributed by atoms with E-state index in [9.17, 15) is 14.7 Å². The quantitative estimate of drug-likeness (QED) is 0.408. The SMILES string of the molecule is CCCCN(c1ccccc1)C1C(=O)CC(CCc2cccc(O)c2)(C2CCCC2)OC1=O. The number of carbonyl (C=O) groups is 2. The van der Waals surface area contributed by atoms with Crippen molar-refractivity contribution in [2.24, 2.45) is 5.92 Å². The van der Waals surface area contributed by atoms with Crippen LogP contribution in [0.15, 0.2) is 54.6 Å². The predicted molar refractivity (Wildman–Crippen MR) is 129 cm³/mol. The standard InChI is InChI=1S/C28H35NO4/c1-2-3-18-29(23-13-5-4-6-14-23)26-25(31)20-28(33-27(26)32,22-11-7-8-12-22)17-16-21-10-9-15-24(30)19-21/h4-6,9-10,13-15,19,22,26,30H,2-3,7-8,11-12,16-18,20H2,1H3. The van der Waals surface area contributed by atoms with Crippen molar-refractivity contribution in [2.75, 3.05) is 11.4 Å². The molecule has 1 saturated heterocycles. The maximum Gasteiger partial charge on any atom is 0.337 e. The van der Waals surface area contributed by atoms with Crippen LogP contribution in [0, 0.1) is 5.92 Å². The normalized spacial score (nSPS) is 23.5. The molecule has 176 valence electrons. The lowest BCUT2D eigenvalue weighted by atomic mass is 9.75. The fraction of sp³-hybridized carbons (Fsp3) is 0.500. The Balaban J connectivity index is 1.58. The number of aryl methyl sites for hydroxylation is 1. The van der Waals surface area contributed by atoms with E-state index in [0.717, 1.165) is 49.8 Å². The molecule has 1 aliphatic heterocycles. The van der Waals surface area contributed by atoms with Gasteiger partial charge < -0.3 is 14.7 Å². The minimum absolute atomic E-state index is 0.0333. The second kappa shape index (κ2) is 10.4. The number of nitrogens with zero attached hydrogens (tertiary/aromatic N) is 1. The molecule has 4 rings (SSSR count). The molecule has 33 heavy (non-hydrogen) atoms. The van der Waals surface area contributed by atoms with Gasteiger partial charge in [0.15, 0.2) is 11.8 Å². The number of esters is 1. The smallest absolute Gasteiger partial charge is 0.337 e. The molecule has 1 heterocycles. The van der Waals surface area contributed by atoms with Crippen molar-refractivity contribution in [3.8, 4) is 5.75 Å². The highest BCUT2D eigenvalue weighted by atomic mass is 16.6. The van der Waals surface area contributed by atoms with Gasteiger partial charge in [-0.3, -0.25) is 4.79 Å². The monoisotopic (exact) mass is 449 g/mol. The Morgan fingerprint density at radius 1 is 1.06 bits per heavy atom. The van der Waals surface area contributed by atoms with Crippen LogP contribution in [0.2, 0.25) is 0 Å². The summed E-state index contributed by atoms with van der Waals surface area (Å²) < 4.78 is 6.31. The number of phenols is 1. The number of rotatable bonds is 9. The molecule has 2 unspecified atom stereocenters. The molecule has 1 aliphatic carbocycles. The maximum absolute atomic E-state index is 13.6. The van der Waals surface area contributed by atoms with E-state index in [1.165, 1.54) is 0 Å². The zero-order valence-corrected chi connectivity index (χ0v) is 19.5. The first-order valence-corrected chi connectivity index (χ1v) is 12.4. The van der Waals surface area contributed by atoms with Crippen LogP contribution < -0.4 is 4.90 Å². The summed E-state index contributed by atoms with van der Waals surface area (Å²) in [6.07, 6.45) is 7.61. The summed E-state index contributed by atoms with van der Waals surface area (Å²) in [7, 11) is 0. The number of ether oxygens (including phenoxy) is 1. The van der Waals surface area contributed by atoms with Crippen LogP contribution in [-0.4, -0.2) is 35.0 Å². The third kappa shape index (κ3) is 5.23. The van der Waals surface area contributed by atoms with Crippen LogP contribution in [0.25, 0.3) is 0 Å². The third-order valence-electron chi connectivity index (χ3n) is 7.30. The fourth-order valence-electron chi connectivity index (χ4n) is 5.56. The number of ketones is 1. The molecule has 5 heteroatoms. The van der Waals surface area contributed by atoms with Crippen molar-refractivity contribution >= 4 is 17.4 Å². The average Bonchev–Trinajstić information content (AvgIpc) is 3.36. The van der Waals surface area contributed by atoms with Gasteiger partial charge in [-0.05, 0) is 67.9 Å². The van der Waals surface area contributed by atoms with Gasteiger partial charge >= 0.3 is 5.97 Å². The van der Waals surface area contributed by atoms with Crippen LogP contribution in [0.4, 0.5) is 5.69 Å². The predicted octanol–water partition coefficient (Wildman–Crippen LogP) is 5.45. The van der Waals surface area contributed by atoms with E-state index in [0.29, 0.717) is 19.4 Å². The topological polar surface area (TPSA) is 66.8 Å². The van der Waals surface area contributed by atoms with Crippen molar-refractivity contribution < 1.29 is 19.4 Å². The minimum atomic E-state index is -0.880. The zero-order chi connectivity index (χ0) is 23.3. The molecular formula is C28H35NO4. The number of hydrogen-bond acceptors (Lipinski definition) is 5. The summed E-state index contributed by atoms with van der Waals surface area (Å²) in [6.45, 7) is 2.75. The molecule has 0 spiro atoms. The Labute approximate surface area is 196 Å². The van der Waals surface area contributed by atoms with Gasteiger partial charge in [-0.1, -0.05) is 56.5 Å². The number of para-hydroxylation sites is 1. The molecule has 2 aromatic carbocycles. The summed E-state index contributed by atoms with van der Waals surface area (Å²) in [5.41, 5.74) is 1.13. The Morgan fingerprint density at radius 3 is 2.48 bits per heavy atom. The van der Waals surface area contributed by atoms with Gasteiger partial charge in [0.05, 0.1) is 0 Å². The van der Waals surface area contributed by atoms with Gasteiger partial charge in [-0.15, -0.1) is 0 Å². The summed E-state index contributed by atoms with van der Waals surface area (Å²) >= 11 is 0. The highest BCUT2D eigenvalue weighted by molar-refractivity contribution is 6.08. The average molecular weight is 450 g/mol. The molecular weight excluding hydrogens is 414 g/mol. The van der Waals surface area contributed by atoms with E-state index >= 15 is 0 Å². The zero-order valence-electron chi connectivity index (χ0n) is 19.5. The van der Waals surface area contributed by atoms with Crippen molar-refractivity contribution in [3.63, 3.8) is 0 Å².